The molecule has 0 bridgehead atoms. The number of rotatable bonds is 4. The molecule has 27 heavy (non-hydrogen) atoms. The van der Waals surface area contributed by atoms with Crippen LogP contribution in [-0.2, 0) is 20.8 Å². The van der Waals surface area contributed by atoms with Gasteiger partial charge in [-0.15, -0.1) is 0 Å². The molecular formula is C20H24N2O5. The molecule has 2 aliphatic rings. The molecule has 1 atom stereocenters. The Hall–Kier alpha value is -2.22. The number of anilines is 1. The van der Waals surface area contributed by atoms with Crippen LogP contribution in [0.2, 0.25) is 0 Å². The number of carbonyl (C=O) groups is 1. The fraction of sp³-hybridized carbons (Fsp3) is 0.500. The van der Waals surface area contributed by atoms with Crippen LogP contribution in [0.25, 0.3) is 11.0 Å². The Morgan fingerprint density at radius 1 is 1.22 bits per heavy atom. The number of benzene rings is 1. The summed E-state index contributed by atoms with van der Waals surface area (Å²) in [4.78, 5) is 25.7. The van der Waals surface area contributed by atoms with E-state index in [1.807, 2.05) is 12.1 Å². The molecule has 2 aromatic rings. The van der Waals surface area contributed by atoms with Crippen LogP contribution in [0, 0.1) is 0 Å². The van der Waals surface area contributed by atoms with Crippen molar-refractivity contribution < 1.29 is 18.7 Å². The minimum atomic E-state index is -0.389. The topological polar surface area (TPSA) is 81.0 Å². The van der Waals surface area contributed by atoms with Crippen LogP contribution < -0.4 is 10.9 Å². The number of fused-ring (bicyclic) bond motifs is 1. The standard InChI is InChI=1S/C20H24N2O5/c1-13(23)21-15-5-6-16-14(10-19(24)27-18(16)11-15)12-22-7-3-2-4-17(22)20-25-8-9-26-20/h5-6,10-11,17,20H,2-4,7-9,12H2,1H3,(H,21,23). The maximum atomic E-state index is 12.1. The average molecular weight is 372 g/mol. The van der Waals surface area contributed by atoms with Crippen molar-refractivity contribution in [1.82, 2.24) is 4.90 Å². The maximum Gasteiger partial charge on any atom is 0.336 e. The first kappa shape index (κ1) is 18.2. The van der Waals surface area contributed by atoms with Crippen molar-refractivity contribution >= 4 is 22.6 Å². The molecular weight excluding hydrogens is 348 g/mol. The number of nitrogens with zero attached hydrogens (tertiary/aromatic N) is 1. The SMILES string of the molecule is CC(=O)Nc1ccc2c(CN3CCCCC3C3OCCO3)cc(=O)oc2c1. The quantitative estimate of drug-likeness (QED) is 0.831. The summed E-state index contributed by atoms with van der Waals surface area (Å²) in [6.07, 6.45) is 3.11. The lowest BCUT2D eigenvalue weighted by atomic mass is 10.00. The smallest absolute Gasteiger partial charge is 0.336 e. The summed E-state index contributed by atoms with van der Waals surface area (Å²) >= 11 is 0. The lowest BCUT2D eigenvalue weighted by Gasteiger charge is -2.38. The van der Waals surface area contributed by atoms with E-state index in [1.165, 1.54) is 6.92 Å². The largest absolute Gasteiger partial charge is 0.423 e. The molecule has 1 unspecified atom stereocenters. The van der Waals surface area contributed by atoms with Gasteiger partial charge in [0.05, 0.1) is 19.3 Å². The predicted octanol–water partition coefficient (Wildman–Crippen LogP) is 2.48. The molecule has 7 heteroatoms. The van der Waals surface area contributed by atoms with E-state index in [2.05, 4.69) is 10.2 Å². The summed E-state index contributed by atoms with van der Waals surface area (Å²) in [6, 6.07) is 7.16. The highest BCUT2D eigenvalue weighted by atomic mass is 16.7. The Balaban J connectivity index is 1.63. The Morgan fingerprint density at radius 3 is 2.81 bits per heavy atom. The summed E-state index contributed by atoms with van der Waals surface area (Å²) in [6.45, 7) is 4.30. The molecule has 4 rings (SSSR count). The zero-order valence-electron chi connectivity index (χ0n) is 15.4. The van der Waals surface area contributed by atoms with Crippen molar-refractivity contribution in [1.29, 1.82) is 0 Å². The third-order valence-electron chi connectivity index (χ3n) is 5.15. The van der Waals surface area contributed by atoms with Gasteiger partial charge in [-0.3, -0.25) is 9.69 Å². The van der Waals surface area contributed by atoms with E-state index in [0.717, 1.165) is 36.8 Å². The van der Waals surface area contributed by atoms with Gasteiger partial charge in [0.15, 0.2) is 6.29 Å². The first-order chi connectivity index (χ1) is 13.1. The molecule has 1 aromatic heterocycles. The second-order valence-electron chi connectivity index (χ2n) is 7.13. The third kappa shape index (κ3) is 4.05. The molecule has 2 aliphatic heterocycles. The number of nitrogens with one attached hydrogen (secondary N) is 1. The van der Waals surface area contributed by atoms with Crippen LogP contribution in [0.5, 0.6) is 0 Å². The number of ether oxygens (including phenoxy) is 2. The van der Waals surface area contributed by atoms with E-state index < -0.39 is 0 Å². The van der Waals surface area contributed by atoms with Gasteiger partial charge in [-0.1, -0.05) is 6.42 Å². The minimum absolute atomic E-state index is 0.166. The normalized spacial score (nSPS) is 21.6. The molecule has 1 amide bonds. The number of carbonyl (C=O) groups excluding carboxylic acids is 1. The Bertz CT molecular complexity index is 888. The Morgan fingerprint density at radius 2 is 2.04 bits per heavy atom. The van der Waals surface area contributed by atoms with Crippen molar-refractivity contribution in [3.05, 3.63) is 40.2 Å². The molecule has 0 aliphatic carbocycles. The second-order valence-corrected chi connectivity index (χ2v) is 7.13. The van der Waals surface area contributed by atoms with Gasteiger partial charge in [-0.05, 0) is 37.1 Å². The molecule has 2 fully saturated rings. The van der Waals surface area contributed by atoms with Gasteiger partial charge in [0, 0.05) is 36.7 Å². The van der Waals surface area contributed by atoms with Crippen molar-refractivity contribution in [2.24, 2.45) is 0 Å². The monoisotopic (exact) mass is 372 g/mol. The van der Waals surface area contributed by atoms with E-state index in [-0.39, 0.29) is 23.9 Å². The van der Waals surface area contributed by atoms with Gasteiger partial charge in [-0.2, -0.15) is 0 Å². The minimum Gasteiger partial charge on any atom is -0.423 e. The number of piperidine rings is 1. The molecule has 144 valence electrons. The Kier molecular flexibility index (Phi) is 5.24. The second kappa shape index (κ2) is 7.80. The first-order valence-electron chi connectivity index (χ1n) is 9.42. The number of likely N-dealkylation sites (tertiary alicyclic amines) is 1. The molecule has 0 radical (unpaired) electrons. The zero-order valence-corrected chi connectivity index (χ0v) is 15.4. The van der Waals surface area contributed by atoms with E-state index in [1.54, 1.807) is 12.1 Å². The van der Waals surface area contributed by atoms with Crippen LogP contribution in [0.15, 0.2) is 33.5 Å². The summed E-state index contributed by atoms with van der Waals surface area (Å²) in [7, 11) is 0. The summed E-state index contributed by atoms with van der Waals surface area (Å²) < 4.78 is 16.8. The molecule has 0 saturated carbocycles. The molecule has 0 spiro atoms. The van der Waals surface area contributed by atoms with Crippen LogP contribution in [0.1, 0.15) is 31.7 Å². The van der Waals surface area contributed by atoms with E-state index in [9.17, 15) is 9.59 Å². The van der Waals surface area contributed by atoms with Crippen LogP contribution in [-0.4, -0.2) is 42.9 Å². The highest BCUT2D eigenvalue weighted by Crippen LogP contribution is 2.28. The van der Waals surface area contributed by atoms with Gasteiger partial charge < -0.3 is 19.2 Å². The predicted molar refractivity (Wildman–Crippen MR) is 101 cm³/mol. The Labute approximate surface area is 157 Å². The van der Waals surface area contributed by atoms with E-state index in [0.29, 0.717) is 31.0 Å². The van der Waals surface area contributed by atoms with Crippen molar-refractivity contribution in [3.63, 3.8) is 0 Å². The van der Waals surface area contributed by atoms with Gasteiger partial charge >= 0.3 is 5.63 Å². The van der Waals surface area contributed by atoms with Crippen LogP contribution in [0.4, 0.5) is 5.69 Å². The molecule has 1 aromatic carbocycles. The molecule has 1 N–H and O–H groups in total. The molecule has 2 saturated heterocycles. The highest BCUT2D eigenvalue weighted by molar-refractivity contribution is 5.92. The number of amides is 1. The van der Waals surface area contributed by atoms with Gasteiger partial charge in [0.25, 0.3) is 0 Å². The van der Waals surface area contributed by atoms with Crippen LogP contribution in [0.3, 0.4) is 0 Å². The highest BCUT2D eigenvalue weighted by Gasteiger charge is 2.33. The van der Waals surface area contributed by atoms with E-state index >= 15 is 0 Å². The molecule has 7 nitrogen and oxygen atoms in total. The number of hydrogen-bond acceptors (Lipinski definition) is 6. The first-order valence-corrected chi connectivity index (χ1v) is 9.42. The maximum absolute atomic E-state index is 12.1. The van der Waals surface area contributed by atoms with Crippen molar-refractivity contribution in [2.45, 2.75) is 45.1 Å². The third-order valence-corrected chi connectivity index (χ3v) is 5.15. The average Bonchev–Trinajstić information content (AvgIpc) is 3.15. The zero-order chi connectivity index (χ0) is 18.8. The lowest BCUT2D eigenvalue weighted by Crippen LogP contribution is -2.46. The molecule has 3 heterocycles. The van der Waals surface area contributed by atoms with Crippen molar-refractivity contribution in [3.8, 4) is 0 Å². The van der Waals surface area contributed by atoms with Gasteiger partial charge in [0.2, 0.25) is 5.91 Å². The summed E-state index contributed by atoms with van der Waals surface area (Å²) in [5, 5.41) is 3.59. The van der Waals surface area contributed by atoms with E-state index in [4.69, 9.17) is 13.9 Å². The van der Waals surface area contributed by atoms with Crippen molar-refractivity contribution in [2.75, 3.05) is 25.1 Å². The fourth-order valence-corrected chi connectivity index (χ4v) is 3.98. The van der Waals surface area contributed by atoms with Gasteiger partial charge in [0.1, 0.15) is 5.58 Å². The van der Waals surface area contributed by atoms with Crippen LogP contribution >= 0.6 is 0 Å². The summed E-state index contributed by atoms with van der Waals surface area (Å²) in [5.41, 5.74) is 1.62. The fourth-order valence-electron chi connectivity index (χ4n) is 3.98. The number of hydrogen-bond donors (Lipinski definition) is 1. The summed E-state index contributed by atoms with van der Waals surface area (Å²) in [5.74, 6) is -0.166. The lowest BCUT2D eigenvalue weighted by molar-refractivity contribution is -0.114. The van der Waals surface area contributed by atoms with Gasteiger partial charge in [-0.25, -0.2) is 4.79 Å².